The van der Waals surface area contributed by atoms with Crippen molar-refractivity contribution < 1.29 is 4.52 Å². The van der Waals surface area contributed by atoms with E-state index in [0.29, 0.717) is 24.2 Å². The molecule has 1 rings (SSSR count). The number of hydrogen-bond acceptors (Lipinski definition) is 3. The highest BCUT2D eigenvalue weighted by atomic mass is 31.2. The molecule has 0 fully saturated rings. The van der Waals surface area contributed by atoms with E-state index in [1.807, 2.05) is 0 Å². The van der Waals surface area contributed by atoms with Crippen molar-refractivity contribution >= 4 is 8.45 Å². The molecule has 0 unspecified atom stereocenters. The highest BCUT2D eigenvalue weighted by molar-refractivity contribution is 7.47. The molecule has 0 heterocycles. The van der Waals surface area contributed by atoms with Crippen molar-refractivity contribution in [1.29, 1.82) is 0 Å². The Bertz CT molecular complexity index is 449. The summed E-state index contributed by atoms with van der Waals surface area (Å²) in [5.74, 6) is 0. The van der Waals surface area contributed by atoms with Crippen molar-refractivity contribution in [3.05, 3.63) is 35.4 Å². The Kier molecular flexibility index (Phi) is 9.59. The minimum atomic E-state index is -0.781. The fourth-order valence-corrected chi connectivity index (χ4v) is 5.58. The average Bonchev–Trinajstić information content (AvgIpc) is 2.47. The lowest BCUT2D eigenvalue weighted by molar-refractivity contribution is 0.188. The largest absolute Gasteiger partial charge is 0.331 e. The van der Waals surface area contributed by atoms with E-state index in [0.717, 1.165) is 13.0 Å². The van der Waals surface area contributed by atoms with Gasteiger partial charge in [0.05, 0.1) is 6.61 Å². The summed E-state index contributed by atoms with van der Waals surface area (Å²) in [5.41, 5.74) is 2.66. The zero-order valence-corrected chi connectivity index (χ0v) is 18.7. The van der Waals surface area contributed by atoms with Crippen LogP contribution in [-0.2, 0) is 10.9 Å². The molecule has 0 amide bonds. The molecular weight excluding hydrogens is 327 g/mol. The third-order valence-corrected chi connectivity index (χ3v) is 7.28. The minimum absolute atomic E-state index is 0.463. The number of benzene rings is 1. The van der Waals surface area contributed by atoms with E-state index < -0.39 is 8.45 Å². The first-order valence-corrected chi connectivity index (χ1v) is 10.9. The maximum absolute atomic E-state index is 6.56. The summed E-state index contributed by atoms with van der Waals surface area (Å²) in [4.78, 5) is 0. The summed E-state index contributed by atoms with van der Waals surface area (Å²) >= 11 is 0. The van der Waals surface area contributed by atoms with Crippen LogP contribution >= 0.6 is 8.45 Å². The van der Waals surface area contributed by atoms with Gasteiger partial charge >= 0.3 is 0 Å². The van der Waals surface area contributed by atoms with Crippen LogP contribution in [0.15, 0.2) is 24.3 Å². The molecule has 1 aromatic rings. The Hall–Kier alpha value is -0.470. The van der Waals surface area contributed by atoms with E-state index in [-0.39, 0.29) is 0 Å². The Morgan fingerprint density at radius 2 is 1.16 bits per heavy atom. The van der Waals surface area contributed by atoms with E-state index >= 15 is 0 Å². The van der Waals surface area contributed by atoms with Crippen molar-refractivity contribution in [2.75, 3.05) is 6.61 Å². The molecule has 4 heteroatoms. The zero-order chi connectivity index (χ0) is 19.1. The standard InChI is InChI=1S/C21H39N2OP/c1-16(2)22(17(3)4)25(23(18(5)6)19(7)8)24-15-14-21-12-10-20(9)11-13-21/h10-13,16-19H,14-15H2,1-9H3. The molecule has 0 saturated heterocycles. The first-order chi connectivity index (χ1) is 11.6. The number of nitrogens with zero attached hydrogens (tertiary/aromatic N) is 2. The Morgan fingerprint density at radius 3 is 1.52 bits per heavy atom. The van der Waals surface area contributed by atoms with Crippen LogP contribution in [0.5, 0.6) is 0 Å². The lowest BCUT2D eigenvalue weighted by atomic mass is 10.1. The molecule has 0 aromatic heterocycles. The van der Waals surface area contributed by atoms with Gasteiger partial charge < -0.3 is 4.52 Å². The van der Waals surface area contributed by atoms with Crippen LogP contribution in [0.4, 0.5) is 0 Å². The van der Waals surface area contributed by atoms with Crippen LogP contribution < -0.4 is 0 Å². The molecule has 144 valence electrons. The second-order valence-corrected chi connectivity index (χ2v) is 9.64. The smallest absolute Gasteiger partial charge is 0.188 e. The minimum Gasteiger partial charge on any atom is -0.331 e. The molecular formula is C21H39N2OP. The van der Waals surface area contributed by atoms with Gasteiger partial charge in [0.25, 0.3) is 0 Å². The zero-order valence-electron chi connectivity index (χ0n) is 17.8. The van der Waals surface area contributed by atoms with Gasteiger partial charge in [-0.05, 0) is 74.3 Å². The van der Waals surface area contributed by atoms with Gasteiger partial charge in [-0.25, -0.2) is 9.34 Å². The van der Waals surface area contributed by atoms with E-state index in [9.17, 15) is 0 Å². The van der Waals surface area contributed by atoms with Gasteiger partial charge in [0.1, 0.15) is 0 Å². The van der Waals surface area contributed by atoms with Crippen LogP contribution in [0.2, 0.25) is 0 Å². The number of hydrogen-bond donors (Lipinski definition) is 0. The van der Waals surface area contributed by atoms with E-state index in [2.05, 4.69) is 95.9 Å². The van der Waals surface area contributed by atoms with Gasteiger partial charge in [0, 0.05) is 24.2 Å². The lowest BCUT2D eigenvalue weighted by Gasteiger charge is -2.45. The van der Waals surface area contributed by atoms with Crippen molar-refractivity contribution in [3.8, 4) is 0 Å². The van der Waals surface area contributed by atoms with Gasteiger partial charge in [-0.1, -0.05) is 29.8 Å². The fraction of sp³-hybridized carbons (Fsp3) is 0.714. The van der Waals surface area contributed by atoms with Gasteiger partial charge in [0.2, 0.25) is 0 Å². The van der Waals surface area contributed by atoms with Crippen LogP contribution in [-0.4, -0.2) is 40.1 Å². The van der Waals surface area contributed by atoms with E-state index in [1.165, 1.54) is 11.1 Å². The van der Waals surface area contributed by atoms with Crippen LogP contribution in [0.3, 0.4) is 0 Å². The predicted molar refractivity (Wildman–Crippen MR) is 112 cm³/mol. The van der Waals surface area contributed by atoms with Gasteiger partial charge in [-0.2, -0.15) is 0 Å². The summed E-state index contributed by atoms with van der Waals surface area (Å²) in [5, 5.41) is 0. The highest BCUT2D eigenvalue weighted by Crippen LogP contribution is 2.50. The van der Waals surface area contributed by atoms with Gasteiger partial charge in [-0.15, -0.1) is 0 Å². The molecule has 0 aliphatic heterocycles. The van der Waals surface area contributed by atoms with Crippen molar-refractivity contribution in [1.82, 2.24) is 9.34 Å². The predicted octanol–water partition coefficient (Wildman–Crippen LogP) is 6.02. The molecule has 0 spiro atoms. The topological polar surface area (TPSA) is 15.7 Å². The molecule has 25 heavy (non-hydrogen) atoms. The summed E-state index contributed by atoms with van der Waals surface area (Å²) in [6.45, 7) is 21.1. The third kappa shape index (κ3) is 6.98. The summed E-state index contributed by atoms with van der Waals surface area (Å²) in [7, 11) is -0.781. The van der Waals surface area contributed by atoms with Crippen molar-refractivity contribution in [2.24, 2.45) is 0 Å². The molecule has 0 aliphatic rings. The van der Waals surface area contributed by atoms with Crippen molar-refractivity contribution in [3.63, 3.8) is 0 Å². The SMILES string of the molecule is Cc1ccc(CCOP(N(C(C)C)C(C)C)N(C(C)C)C(C)C)cc1. The molecule has 1 aromatic carbocycles. The quantitative estimate of drug-likeness (QED) is 0.471. The summed E-state index contributed by atoms with van der Waals surface area (Å²) < 4.78 is 11.7. The molecule has 0 radical (unpaired) electrons. The molecule has 0 aliphatic carbocycles. The summed E-state index contributed by atoms with van der Waals surface area (Å²) in [6, 6.07) is 10.6. The average molecular weight is 367 g/mol. The second kappa shape index (κ2) is 10.6. The molecule has 3 nitrogen and oxygen atoms in total. The van der Waals surface area contributed by atoms with Crippen LogP contribution in [0.1, 0.15) is 66.5 Å². The normalized spacial score (nSPS) is 12.8. The Morgan fingerprint density at radius 1 is 0.760 bits per heavy atom. The summed E-state index contributed by atoms with van der Waals surface area (Å²) in [6.07, 6.45) is 0.965. The molecule has 0 saturated carbocycles. The Balaban J connectivity index is 2.91. The van der Waals surface area contributed by atoms with E-state index in [4.69, 9.17) is 4.52 Å². The second-order valence-electron chi connectivity index (χ2n) is 7.96. The Labute approximate surface area is 157 Å². The maximum atomic E-state index is 6.56. The highest BCUT2D eigenvalue weighted by Gasteiger charge is 2.34. The van der Waals surface area contributed by atoms with Crippen LogP contribution in [0, 0.1) is 6.92 Å². The van der Waals surface area contributed by atoms with E-state index in [1.54, 1.807) is 0 Å². The number of rotatable bonds is 10. The molecule has 0 bridgehead atoms. The van der Waals surface area contributed by atoms with Crippen LogP contribution in [0.25, 0.3) is 0 Å². The molecule has 0 N–H and O–H groups in total. The fourth-order valence-electron chi connectivity index (χ4n) is 3.24. The molecule has 0 atom stereocenters. The lowest BCUT2D eigenvalue weighted by Crippen LogP contribution is -2.43. The monoisotopic (exact) mass is 366 g/mol. The number of aryl methyl sites for hydroxylation is 1. The van der Waals surface area contributed by atoms with Gasteiger partial charge in [-0.3, -0.25) is 0 Å². The first-order valence-electron chi connectivity index (χ1n) is 9.70. The first kappa shape index (κ1) is 22.6. The van der Waals surface area contributed by atoms with Crippen molar-refractivity contribution in [2.45, 2.75) is 92.9 Å². The third-order valence-electron chi connectivity index (χ3n) is 4.23. The van der Waals surface area contributed by atoms with Gasteiger partial charge in [0.15, 0.2) is 8.45 Å². The maximum Gasteiger partial charge on any atom is 0.188 e.